The van der Waals surface area contributed by atoms with E-state index in [4.69, 9.17) is 14.2 Å². The van der Waals surface area contributed by atoms with Crippen LogP contribution >= 0.6 is 0 Å². The highest BCUT2D eigenvalue weighted by Gasteiger charge is 2.55. The summed E-state index contributed by atoms with van der Waals surface area (Å²) in [6, 6.07) is 0. The molecule has 0 aromatic rings. The Morgan fingerprint density at radius 2 is 2.04 bits per heavy atom. The average Bonchev–Trinajstić information content (AvgIpc) is 3.08. The number of esters is 2. The maximum atomic E-state index is 12.5. The maximum Gasteiger partial charge on any atom is 0.334 e. The van der Waals surface area contributed by atoms with Crippen LogP contribution in [0.2, 0.25) is 0 Å². The first-order chi connectivity index (χ1) is 12.6. The van der Waals surface area contributed by atoms with Crippen molar-refractivity contribution >= 4 is 17.7 Å². The normalized spacial score (nSPS) is 36.1. The van der Waals surface area contributed by atoms with Crippen molar-refractivity contribution in [2.45, 2.75) is 51.1 Å². The van der Waals surface area contributed by atoms with Crippen molar-refractivity contribution in [3.8, 4) is 0 Å². The van der Waals surface area contributed by atoms with Crippen LogP contribution in [0.5, 0.6) is 0 Å². The predicted octanol–water partition coefficient (Wildman–Crippen LogP) is 1.52. The van der Waals surface area contributed by atoms with E-state index in [9.17, 15) is 19.5 Å². The van der Waals surface area contributed by atoms with Crippen molar-refractivity contribution in [2.75, 3.05) is 0 Å². The van der Waals surface area contributed by atoms with Crippen LogP contribution in [0, 0.1) is 5.92 Å². The Morgan fingerprint density at radius 1 is 1.37 bits per heavy atom. The number of hydrogen-bond donors (Lipinski definition) is 1. The van der Waals surface area contributed by atoms with Gasteiger partial charge >= 0.3 is 11.9 Å². The molecule has 3 heterocycles. The van der Waals surface area contributed by atoms with Gasteiger partial charge in [-0.3, -0.25) is 4.79 Å². The third-order valence-corrected chi connectivity index (χ3v) is 5.37. The van der Waals surface area contributed by atoms with Gasteiger partial charge in [-0.25, -0.2) is 9.59 Å². The van der Waals surface area contributed by atoms with Crippen LogP contribution in [0.4, 0.5) is 0 Å². The highest BCUT2D eigenvalue weighted by Crippen LogP contribution is 2.44. The fraction of sp³-hybridized carbons (Fsp3) is 0.450. The summed E-state index contributed by atoms with van der Waals surface area (Å²) in [5, 5.41) is 10.7. The zero-order chi connectivity index (χ0) is 20.1. The van der Waals surface area contributed by atoms with E-state index in [1.807, 2.05) is 0 Å². The number of hydrogen-bond acceptors (Lipinski definition) is 7. The van der Waals surface area contributed by atoms with E-state index < -0.39 is 41.8 Å². The van der Waals surface area contributed by atoms with Gasteiger partial charge in [-0.2, -0.15) is 0 Å². The molecule has 3 aliphatic heterocycles. The number of ether oxygens (including phenoxy) is 3. The Bertz CT molecular complexity index is 818. The van der Waals surface area contributed by atoms with Gasteiger partial charge in [0, 0.05) is 29.2 Å². The standard InChI is InChI=1S/C20H22O7/c1-6-9(2)18(23)25-13-8-20(5)14(21)7-12(27-20)10(3)16(22)17-15(13)11(4)19(24)26-17/h6-7,13,15-17,22H,3-4,8H2,1-2,5H3/b9-6-/t13-,15?,16-,17?,20+/m0/s1. The van der Waals surface area contributed by atoms with Gasteiger partial charge in [0.2, 0.25) is 5.78 Å². The van der Waals surface area contributed by atoms with Crippen LogP contribution in [0.1, 0.15) is 27.2 Å². The first kappa shape index (κ1) is 19.1. The van der Waals surface area contributed by atoms with Gasteiger partial charge < -0.3 is 19.3 Å². The molecule has 7 nitrogen and oxygen atoms in total. The van der Waals surface area contributed by atoms with E-state index in [0.717, 1.165) is 0 Å². The van der Waals surface area contributed by atoms with Gasteiger partial charge in [-0.15, -0.1) is 0 Å². The summed E-state index contributed by atoms with van der Waals surface area (Å²) < 4.78 is 16.7. The molecule has 3 rings (SSSR count). The Balaban J connectivity index is 2.07. The van der Waals surface area contributed by atoms with Crippen LogP contribution in [0.15, 0.2) is 47.8 Å². The zero-order valence-electron chi connectivity index (χ0n) is 15.5. The Hall–Kier alpha value is -2.67. The van der Waals surface area contributed by atoms with E-state index in [1.54, 1.807) is 26.8 Å². The molecule has 2 saturated heterocycles. The second-order valence-electron chi connectivity index (χ2n) is 7.22. The summed E-state index contributed by atoms with van der Waals surface area (Å²) in [4.78, 5) is 37.0. The summed E-state index contributed by atoms with van der Waals surface area (Å²) in [5.41, 5.74) is -0.741. The Labute approximate surface area is 157 Å². The number of fused-ring (bicyclic) bond motifs is 3. The van der Waals surface area contributed by atoms with Crippen molar-refractivity contribution < 1.29 is 33.7 Å². The minimum atomic E-state index is -1.33. The van der Waals surface area contributed by atoms with E-state index in [1.165, 1.54) is 6.08 Å². The molecule has 0 saturated carbocycles. The first-order valence-corrected chi connectivity index (χ1v) is 8.65. The monoisotopic (exact) mass is 374 g/mol. The van der Waals surface area contributed by atoms with Gasteiger partial charge in [-0.1, -0.05) is 19.2 Å². The molecule has 2 fully saturated rings. The van der Waals surface area contributed by atoms with E-state index in [2.05, 4.69) is 13.2 Å². The number of allylic oxidation sites excluding steroid dienone is 1. The summed E-state index contributed by atoms with van der Waals surface area (Å²) in [6.07, 6.45) is -0.502. The van der Waals surface area contributed by atoms with Crippen molar-refractivity contribution in [3.05, 3.63) is 47.8 Å². The molecule has 0 radical (unpaired) electrons. The smallest absolute Gasteiger partial charge is 0.334 e. The van der Waals surface area contributed by atoms with Crippen LogP contribution in [0.25, 0.3) is 0 Å². The van der Waals surface area contributed by atoms with Gasteiger partial charge in [0.25, 0.3) is 0 Å². The molecule has 0 spiro atoms. The Kier molecular flexibility index (Phi) is 4.59. The lowest BCUT2D eigenvalue weighted by Crippen LogP contribution is -2.45. The fourth-order valence-corrected chi connectivity index (χ4v) is 3.52. The number of aliphatic hydroxyl groups is 1. The minimum absolute atomic E-state index is 0.0224. The number of rotatable bonds is 2. The van der Waals surface area contributed by atoms with Gasteiger partial charge in [0.15, 0.2) is 5.60 Å². The molecule has 2 unspecified atom stereocenters. The molecule has 0 amide bonds. The number of carbonyl (C=O) groups is 3. The number of aliphatic hydroxyl groups excluding tert-OH is 1. The third-order valence-electron chi connectivity index (χ3n) is 5.37. The van der Waals surface area contributed by atoms with E-state index >= 15 is 0 Å². The van der Waals surface area contributed by atoms with Gasteiger partial charge in [0.1, 0.15) is 24.1 Å². The summed E-state index contributed by atoms with van der Waals surface area (Å²) in [6.45, 7) is 12.4. The largest absolute Gasteiger partial charge is 0.479 e. The van der Waals surface area contributed by atoms with Crippen molar-refractivity contribution in [1.29, 1.82) is 0 Å². The molecule has 7 heteroatoms. The topological polar surface area (TPSA) is 99.1 Å². The average molecular weight is 374 g/mol. The Morgan fingerprint density at radius 3 is 2.67 bits per heavy atom. The molecular formula is C20H22O7. The van der Waals surface area contributed by atoms with Crippen LogP contribution in [0.3, 0.4) is 0 Å². The van der Waals surface area contributed by atoms with Crippen molar-refractivity contribution in [1.82, 2.24) is 0 Å². The van der Waals surface area contributed by atoms with Gasteiger partial charge in [-0.05, 0) is 20.8 Å². The second kappa shape index (κ2) is 6.49. The predicted molar refractivity (Wildman–Crippen MR) is 94.2 cm³/mol. The van der Waals surface area contributed by atoms with Gasteiger partial charge in [0.05, 0.1) is 5.92 Å². The highest BCUT2D eigenvalue weighted by molar-refractivity contribution is 6.00. The SMILES string of the molecule is C=C1C(=O)OC2C1[C@@H](OC(=O)/C(C)=C\C)C[C@@]1(C)OC(=CC1=O)C(=C)[C@@H]2O. The quantitative estimate of drug-likeness (QED) is 0.578. The molecule has 0 aromatic carbocycles. The number of ketones is 1. The van der Waals surface area contributed by atoms with Crippen LogP contribution in [-0.4, -0.2) is 46.7 Å². The summed E-state index contributed by atoms with van der Waals surface area (Å²) in [5.74, 6) is -2.29. The van der Waals surface area contributed by atoms with Crippen LogP contribution in [-0.2, 0) is 28.6 Å². The molecule has 0 aromatic heterocycles. The second-order valence-corrected chi connectivity index (χ2v) is 7.22. The third kappa shape index (κ3) is 3.02. The molecule has 0 aliphatic carbocycles. The van der Waals surface area contributed by atoms with Crippen molar-refractivity contribution in [2.24, 2.45) is 5.92 Å². The zero-order valence-corrected chi connectivity index (χ0v) is 15.5. The molecule has 27 heavy (non-hydrogen) atoms. The molecule has 3 aliphatic rings. The molecular weight excluding hydrogens is 352 g/mol. The van der Waals surface area contributed by atoms with Crippen molar-refractivity contribution in [3.63, 3.8) is 0 Å². The first-order valence-electron chi connectivity index (χ1n) is 8.65. The fourth-order valence-electron chi connectivity index (χ4n) is 3.52. The van der Waals surface area contributed by atoms with E-state index in [0.29, 0.717) is 5.57 Å². The lowest BCUT2D eigenvalue weighted by atomic mass is 9.80. The molecule has 1 N–H and O–H groups in total. The van der Waals surface area contributed by atoms with Crippen LogP contribution < -0.4 is 0 Å². The summed E-state index contributed by atoms with van der Waals surface area (Å²) >= 11 is 0. The molecule has 2 bridgehead atoms. The lowest BCUT2D eigenvalue weighted by Gasteiger charge is -2.32. The number of carbonyl (C=O) groups excluding carboxylic acids is 3. The molecule has 144 valence electrons. The summed E-state index contributed by atoms with van der Waals surface area (Å²) in [7, 11) is 0. The maximum absolute atomic E-state index is 12.5. The van der Waals surface area contributed by atoms with E-state index in [-0.39, 0.29) is 29.1 Å². The lowest BCUT2D eigenvalue weighted by molar-refractivity contribution is -0.155. The highest BCUT2D eigenvalue weighted by atomic mass is 16.6. The minimum Gasteiger partial charge on any atom is -0.479 e. The molecule has 5 atom stereocenters.